The summed E-state index contributed by atoms with van der Waals surface area (Å²) >= 11 is 0. The Morgan fingerprint density at radius 3 is 2.63 bits per heavy atom. The van der Waals surface area contributed by atoms with Gasteiger partial charge in [0.05, 0.1) is 29.8 Å². The molecule has 2 aromatic heterocycles. The van der Waals surface area contributed by atoms with E-state index in [0.29, 0.717) is 35.2 Å². The molecule has 2 heterocycles. The van der Waals surface area contributed by atoms with Gasteiger partial charge in [-0.2, -0.15) is 0 Å². The van der Waals surface area contributed by atoms with E-state index in [4.69, 9.17) is 9.15 Å². The number of nitrogens with one attached hydrogen (secondary N) is 1. The van der Waals surface area contributed by atoms with Crippen LogP contribution in [0.15, 0.2) is 53.2 Å². The third-order valence-electron chi connectivity index (χ3n) is 3.81. The highest BCUT2D eigenvalue weighted by molar-refractivity contribution is 5.94. The largest absolute Gasteiger partial charge is 0.462 e. The smallest absolute Gasteiger partial charge is 0.338 e. The third kappa shape index (κ3) is 4.58. The molecular formula is C20H19N3O4. The molecule has 0 radical (unpaired) electrons. The second-order valence-electron chi connectivity index (χ2n) is 5.79. The molecular weight excluding hydrogens is 346 g/mol. The number of carbonyl (C=O) groups is 2. The lowest BCUT2D eigenvalue weighted by molar-refractivity contribution is -0.115. The van der Waals surface area contributed by atoms with Crippen molar-refractivity contribution in [2.75, 3.05) is 11.9 Å². The fourth-order valence-corrected chi connectivity index (χ4v) is 2.47. The molecule has 1 N–H and O–H groups in total. The number of ether oxygens (including phenoxy) is 1. The number of esters is 1. The zero-order valence-electron chi connectivity index (χ0n) is 15.1. The number of nitrogens with zero attached hydrogens (tertiary/aromatic N) is 2. The van der Waals surface area contributed by atoms with Crippen LogP contribution in [0.2, 0.25) is 0 Å². The Hall–Kier alpha value is -3.48. The minimum atomic E-state index is -0.392. The Balaban J connectivity index is 1.64. The summed E-state index contributed by atoms with van der Waals surface area (Å²) in [4.78, 5) is 32.4. The van der Waals surface area contributed by atoms with E-state index >= 15 is 0 Å². The lowest BCUT2D eigenvalue weighted by Crippen LogP contribution is -2.15. The van der Waals surface area contributed by atoms with Crippen LogP contribution in [0.5, 0.6) is 0 Å². The number of aromatic nitrogens is 2. The number of pyridine rings is 1. The number of oxazole rings is 1. The average Bonchev–Trinajstić information content (AvgIpc) is 3.03. The number of aryl methyl sites for hydroxylation is 1. The number of hydrogen-bond acceptors (Lipinski definition) is 6. The Bertz CT molecular complexity index is 934. The number of benzene rings is 1. The molecule has 138 valence electrons. The molecule has 0 aliphatic heterocycles. The molecule has 0 saturated carbocycles. The normalized spacial score (nSPS) is 10.4. The maximum absolute atomic E-state index is 12.3. The summed E-state index contributed by atoms with van der Waals surface area (Å²) in [5.41, 5.74) is 2.33. The number of hydrogen-bond donors (Lipinski definition) is 1. The second kappa shape index (κ2) is 8.27. The molecule has 27 heavy (non-hydrogen) atoms. The number of amides is 1. The highest BCUT2D eigenvalue weighted by Crippen LogP contribution is 2.21. The van der Waals surface area contributed by atoms with E-state index in [1.54, 1.807) is 56.6 Å². The van der Waals surface area contributed by atoms with Gasteiger partial charge in [0.15, 0.2) is 0 Å². The van der Waals surface area contributed by atoms with Gasteiger partial charge < -0.3 is 14.5 Å². The number of anilines is 1. The van der Waals surface area contributed by atoms with Crippen molar-refractivity contribution >= 4 is 17.6 Å². The molecule has 0 unspecified atom stereocenters. The van der Waals surface area contributed by atoms with Crippen molar-refractivity contribution in [1.82, 2.24) is 9.97 Å². The highest BCUT2D eigenvalue weighted by atomic mass is 16.5. The van der Waals surface area contributed by atoms with Gasteiger partial charge in [-0.25, -0.2) is 9.78 Å². The van der Waals surface area contributed by atoms with E-state index in [2.05, 4.69) is 15.3 Å². The fraction of sp³-hybridized carbons (Fsp3) is 0.200. The highest BCUT2D eigenvalue weighted by Gasteiger charge is 2.15. The van der Waals surface area contributed by atoms with Gasteiger partial charge in [0.1, 0.15) is 5.76 Å². The standard InChI is InChI=1S/C20H19N3O4/c1-3-26-20(25)14-6-8-16(9-7-14)22-18(24)11-17-13(2)27-19(23-17)15-5-4-10-21-12-15/h4-10,12H,3,11H2,1-2H3,(H,22,24). The Morgan fingerprint density at radius 2 is 1.96 bits per heavy atom. The van der Waals surface area contributed by atoms with Crippen LogP contribution < -0.4 is 5.32 Å². The van der Waals surface area contributed by atoms with Crippen molar-refractivity contribution in [3.63, 3.8) is 0 Å². The van der Waals surface area contributed by atoms with Gasteiger partial charge in [-0.3, -0.25) is 9.78 Å². The zero-order valence-corrected chi connectivity index (χ0v) is 15.1. The van der Waals surface area contributed by atoms with Crippen molar-refractivity contribution in [1.29, 1.82) is 0 Å². The maximum atomic E-state index is 12.3. The Kier molecular flexibility index (Phi) is 5.61. The molecule has 3 aromatic rings. The summed E-state index contributed by atoms with van der Waals surface area (Å²) in [5.74, 6) is 0.397. The SMILES string of the molecule is CCOC(=O)c1ccc(NC(=O)Cc2nc(-c3cccnc3)oc2C)cc1. The van der Waals surface area contributed by atoms with Gasteiger partial charge in [-0.1, -0.05) is 0 Å². The van der Waals surface area contributed by atoms with Crippen LogP contribution in [-0.4, -0.2) is 28.5 Å². The minimum Gasteiger partial charge on any atom is -0.462 e. The third-order valence-corrected chi connectivity index (χ3v) is 3.81. The van der Waals surface area contributed by atoms with Gasteiger partial charge in [-0.15, -0.1) is 0 Å². The van der Waals surface area contributed by atoms with Gasteiger partial charge >= 0.3 is 5.97 Å². The first-order valence-electron chi connectivity index (χ1n) is 8.50. The van der Waals surface area contributed by atoms with Crippen LogP contribution >= 0.6 is 0 Å². The van der Waals surface area contributed by atoms with Gasteiger partial charge in [-0.05, 0) is 50.2 Å². The second-order valence-corrected chi connectivity index (χ2v) is 5.79. The monoisotopic (exact) mass is 365 g/mol. The van der Waals surface area contributed by atoms with Crippen molar-refractivity contribution in [3.8, 4) is 11.5 Å². The lowest BCUT2D eigenvalue weighted by atomic mass is 10.2. The molecule has 3 rings (SSSR count). The quantitative estimate of drug-likeness (QED) is 0.673. The molecule has 0 aliphatic rings. The molecule has 0 fully saturated rings. The van der Waals surface area contributed by atoms with Crippen LogP contribution in [0.3, 0.4) is 0 Å². The summed E-state index contributed by atoms with van der Waals surface area (Å²) in [6.07, 6.45) is 3.40. The van der Waals surface area contributed by atoms with Crippen LogP contribution in [0.1, 0.15) is 28.7 Å². The molecule has 0 saturated heterocycles. The minimum absolute atomic E-state index is 0.0786. The number of carbonyl (C=O) groups excluding carboxylic acids is 2. The lowest BCUT2D eigenvalue weighted by Gasteiger charge is -2.06. The fourth-order valence-electron chi connectivity index (χ4n) is 2.47. The number of rotatable bonds is 6. The van der Waals surface area contributed by atoms with Crippen molar-refractivity contribution < 1.29 is 18.7 Å². The predicted molar refractivity (Wildman–Crippen MR) is 99.2 cm³/mol. The van der Waals surface area contributed by atoms with E-state index in [9.17, 15) is 9.59 Å². The van der Waals surface area contributed by atoms with Crippen molar-refractivity contribution in [3.05, 3.63) is 65.8 Å². The first-order valence-corrected chi connectivity index (χ1v) is 8.50. The van der Waals surface area contributed by atoms with E-state index in [1.165, 1.54) is 0 Å². The molecule has 1 aromatic carbocycles. The van der Waals surface area contributed by atoms with E-state index in [1.807, 2.05) is 6.07 Å². The zero-order chi connectivity index (χ0) is 19.2. The van der Waals surface area contributed by atoms with Gasteiger partial charge in [0.25, 0.3) is 0 Å². The van der Waals surface area contributed by atoms with Crippen LogP contribution in [0.4, 0.5) is 5.69 Å². The molecule has 7 nitrogen and oxygen atoms in total. The molecule has 0 bridgehead atoms. The molecule has 1 amide bonds. The molecule has 0 aliphatic carbocycles. The van der Waals surface area contributed by atoms with E-state index in [0.717, 1.165) is 5.56 Å². The molecule has 0 atom stereocenters. The molecule has 0 spiro atoms. The topological polar surface area (TPSA) is 94.3 Å². The summed E-state index contributed by atoms with van der Waals surface area (Å²) in [6.45, 7) is 3.83. The summed E-state index contributed by atoms with van der Waals surface area (Å²) in [7, 11) is 0. The van der Waals surface area contributed by atoms with Crippen LogP contribution in [0, 0.1) is 6.92 Å². The summed E-state index contributed by atoms with van der Waals surface area (Å²) < 4.78 is 10.6. The molecule has 7 heteroatoms. The van der Waals surface area contributed by atoms with Crippen LogP contribution in [0.25, 0.3) is 11.5 Å². The maximum Gasteiger partial charge on any atom is 0.338 e. The average molecular weight is 365 g/mol. The first kappa shape index (κ1) is 18.3. The van der Waals surface area contributed by atoms with Gasteiger partial charge in [0.2, 0.25) is 11.8 Å². The first-order chi connectivity index (χ1) is 13.1. The van der Waals surface area contributed by atoms with Crippen molar-refractivity contribution in [2.45, 2.75) is 20.3 Å². The van der Waals surface area contributed by atoms with Gasteiger partial charge in [0, 0.05) is 18.1 Å². The Labute approximate surface area is 156 Å². The summed E-state index contributed by atoms with van der Waals surface area (Å²) in [5, 5.41) is 2.78. The van der Waals surface area contributed by atoms with E-state index in [-0.39, 0.29) is 12.3 Å². The predicted octanol–water partition coefficient (Wildman–Crippen LogP) is 3.40. The van der Waals surface area contributed by atoms with Crippen molar-refractivity contribution in [2.24, 2.45) is 0 Å². The Morgan fingerprint density at radius 1 is 1.19 bits per heavy atom. The summed E-state index contributed by atoms with van der Waals surface area (Å²) in [6, 6.07) is 10.2. The van der Waals surface area contributed by atoms with Crippen LogP contribution in [-0.2, 0) is 16.0 Å². The van der Waals surface area contributed by atoms with E-state index < -0.39 is 5.97 Å².